The molecule has 2 aliphatic carbocycles. The Labute approximate surface area is 150 Å². The fourth-order valence-corrected chi connectivity index (χ4v) is 4.43. The van der Waals surface area contributed by atoms with Gasteiger partial charge in [0.25, 0.3) is 0 Å². The molecule has 2 aliphatic rings. The number of rotatable bonds is 6. The van der Waals surface area contributed by atoms with Gasteiger partial charge in [0.15, 0.2) is 0 Å². The Kier molecular flexibility index (Phi) is 4.65. The molecule has 0 bridgehead atoms. The van der Waals surface area contributed by atoms with Crippen LogP contribution in [-0.4, -0.2) is 32.4 Å². The van der Waals surface area contributed by atoms with E-state index in [1.54, 1.807) is 5.56 Å². The second-order valence-electron chi connectivity index (χ2n) is 7.61. The zero-order valence-corrected chi connectivity index (χ0v) is 15.4. The molecule has 0 saturated heterocycles. The van der Waals surface area contributed by atoms with Gasteiger partial charge in [0.2, 0.25) is 0 Å². The Balaban J connectivity index is 1.64. The molecule has 1 fully saturated rings. The van der Waals surface area contributed by atoms with Crippen molar-refractivity contribution in [2.45, 2.75) is 71.1 Å². The van der Waals surface area contributed by atoms with Gasteiger partial charge in [0, 0.05) is 29.9 Å². The number of benzene rings is 1. The molecule has 1 aromatic heterocycles. The van der Waals surface area contributed by atoms with Crippen molar-refractivity contribution >= 4 is 0 Å². The predicted molar refractivity (Wildman–Crippen MR) is 99.5 cm³/mol. The summed E-state index contributed by atoms with van der Waals surface area (Å²) in [6.07, 6.45) is 6.41. The largest absolute Gasteiger partial charge is 0.394 e. The first-order valence-corrected chi connectivity index (χ1v) is 9.66. The van der Waals surface area contributed by atoms with E-state index in [1.165, 1.54) is 48.9 Å². The van der Waals surface area contributed by atoms with E-state index in [9.17, 15) is 5.11 Å². The van der Waals surface area contributed by atoms with Crippen molar-refractivity contribution in [2.75, 3.05) is 6.61 Å². The van der Waals surface area contributed by atoms with Crippen molar-refractivity contribution < 1.29 is 5.11 Å². The first-order valence-electron chi connectivity index (χ1n) is 9.66. The Hall–Kier alpha value is -1.65. The zero-order valence-electron chi connectivity index (χ0n) is 15.4. The van der Waals surface area contributed by atoms with Gasteiger partial charge in [-0.1, -0.05) is 24.3 Å². The third kappa shape index (κ3) is 3.25. The highest BCUT2D eigenvalue weighted by atomic mass is 16.3. The molecular weight excluding hydrogens is 310 g/mol. The summed E-state index contributed by atoms with van der Waals surface area (Å²) in [6, 6.07) is 10.3. The highest BCUT2D eigenvalue weighted by Crippen LogP contribution is 2.42. The van der Waals surface area contributed by atoms with E-state index in [-0.39, 0.29) is 6.61 Å². The number of hydrogen-bond acceptors (Lipinski definition) is 3. The monoisotopic (exact) mass is 339 g/mol. The number of aliphatic hydroxyl groups excluding tert-OH is 1. The quantitative estimate of drug-likeness (QED) is 0.875. The van der Waals surface area contributed by atoms with Gasteiger partial charge in [-0.25, -0.2) is 0 Å². The first-order chi connectivity index (χ1) is 12.2. The van der Waals surface area contributed by atoms with Crippen LogP contribution in [0.25, 0.3) is 0 Å². The summed E-state index contributed by atoms with van der Waals surface area (Å²) in [5, 5.41) is 13.9. The summed E-state index contributed by atoms with van der Waals surface area (Å²) in [5.41, 5.74) is 6.75. The fraction of sp³-hybridized carbons (Fsp3) is 0.571. The number of hydrogen-bond donors (Lipinski definition) is 1. The molecule has 2 aromatic rings. The molecule has 1 N–H and O–H groups in total. The molecule has 0 amide bonds. The third-order valence-corrected chi connectivity index (χ3v) is 5.94. The molecule has 25 heavy (non-hydrogen) atoms. The molecule has 1 atom stereocenters. The predicted octanol–water partition coefficient (Wildman–Crippen LogP) is 3.53. The van der Waals surface area contributed by atoms with Gasteiger partial charge >= 0.3 is 0 Å². The normalized spacial score (nSPS) is 20.1. The number of nitrogens with zero attached hydrogens (tertiary/aromatic N) is 3. The molecular formula is C21H29N3O. The lowest BCUT2D eigenvalue weighted by Crippen LogP contribution is -2.33. The topological polar surface area (TPSA) is 41.3 Å². The smallest absolute Gasteiger partial charge is 0.0644 e. The van der Waals surface area contributed by atoms with Crippen LogP contribution in [-0.2, 0) is 19.5 Å². The van der Waals surface area contributed by atoms with E-state index in [0.717, 1.165) is 18.3 Å². The summed E-state index contributed by atoms with van der Waals surface area (Å²) in [4.78, 5) is 2.73. The van der Waals surface area contributed by atoms with Crippen molar-refractivity contribution in [3.63, 3.8) is 0 Å². The molecule has 1 saturated carbocycles. The van der Waals surface area contributed by atoms with Crippen LogP contribution < -0.4 is 0 Å². The lowest BCUT2D eigenvalue weighted by atomic mass is 9.86. The minimum atomic E-state index is 0.143. The van der Waals surface area contributed by atoms with Crippen LogP contribution in [0.4, 0.5) is 0 Å². The van der Waals surface area contributed by atoms with Gasteiger partial charge in [-0.15, -0.1) is 0 Å². The van der Waals surface area contributed by atoms with E-state index >= 15 is 0 Å². The molecule has 0 aliphatic heterocycles. The zero-order chi connectivity index (χ0) is 17.4. The highest BCUT2D eigenvalue weighted by molar-refractivity contribution is 5.33. The highest BCUT2D eigenvalue weighted by Gasteiger charge is 2.37. The third-order valence-electron chi connectivity index (χ3n) is 5.94. The Bertz CT molecular complexity index is 748. The molecule has 1 aromatic carbocycles. The van der Waals surface area contributed by atoms with Crippen molar-refractivity contribution in [1.82, 2.24) is 14.7 Å². The van der Waals surface area contributed by atoms with Crippen LogP contribution in [0, 0.1) is 13.8 Å². The molecule has 4 nitrogen and oxygen atoms in total. The molecule has 134 valence electrons. The van der Waals surface area contributed by atoms with Crippen LogP contribution in [0.5, 0.6) is 0 Å². The number of aryl methyl sites for hydroxylation is 2. The van der Waals surface area contributed by atoms with Crippen molar-refractivity contribution in [2.24, 2.45) is 0 Å². The van der Waals surface area contributed by atoms with Gasteiger partial charge in [-0.05, 0) is 57.1 Å². The maximum absolute atomic E-state index is 9.27. The van der Waals surface area contributed by atoms with E-state index in [1.807, 2.05) is 4.68 Å². The molecule has 0 radical (unpaired) electrons. The molecule has 1 unspecified atom stereocenters. The van der Waals surface area contributed by atoms with E-state index in [2.05, 4.69) is 48.1 Å². The van der Waals surface area contributed by atoms with Gasteiger partial charge in [-0.3, -0.25) is 9.58 Å². The van der Waals surface area contributed by atoms with Gasteiger partial charge in [0.1, 0.15) is 0 Å². The lowest BCUT2D eigenvalue weighted by molar-refractivity contribution is 0.159. The SMILES string of the molecule is Cc1nn(CCO)c(C)c1CN(C1CC1)C1CCCc2ccccc21. The van der Waals surface area contributed by atoms with Crippen molar-refractivity contribution in [3.8, 4) is 0 Å². The number of aliphatic hydroxyl groups is 1. The summed E-state index contributed by atoms with van der Waals surface area (Å²) in [5.74, 6) is 0. The number of fused-ring (bicyclic) bond motifs is 1. The Morgan fingerprint density at radius 3 is 2.76 bits per heavy atom. The van der Waals surface area contributed by atoms with Gasteiger partial charge in [0.05, 0.1) is 18.8 Å². The van der Waals surface area contributed by atoms with Crippen LogP contribution in [0.2, 0.25) is 0 Å². The van der Waals surface area contributed by atoms with Crippen molar-refractivity contribution in [1.29, 1.82) is 0 Å². The standard InChI is InChI=1S/C21H29N3O/c1-15-20(16(2)24(22-15)12-13-25)14-23(18-10-11-18)21-9-5-7-17-6-3-4-8-19(17)21/h3-4,6,8,18,21,25H,5,7,9-14H2,1-2H3. The van der Waals surface area contributed by atoms with Crippen LogP contribution >= 0.6 is 0 Å². The molecule has 4 rings (SSSR count). The minimum absolute atomic E-state index is 0.143. The van der Waals surface area contributed by atoms with E-state index in [0.29, 0.717) is 12.6 Å². The average Bonchev–Trinajstić information content (AvgIpc) is 3.42. The van der Waals surface area contributed by atoms with Gasteiger partial charge in [-0.2, -0.15) is 5.10 Å². The van der Waals surface area contributed by atoms with Crippen LogP contribution in [0.15, 0.2) is 24.3 Å². The fourth-order valence-electron chi connectivity index (χ4n) is 4.43. The van der Waals surface area contributed by atoms with Gasteiger partial charge < -0.3 is 5.11 Å². The second kappa shape index (κ2) is 6.93. The molecule has 1 heterocycles. The van der Waals surface area contributed by atoms with Crippen molar-refractivity contribution in [3.05, 3.63) is 52.3 Å². The Morgan fingerprint density at radius 1 is 1.20 bits per heavy atom. The summed E-state index contributed by atoms with van der Waals surface area (Å²) in [7, 11) is 0. The second-order valence-corrected chi connectivity index (χ2v) is 7.61. The Morgan fingerprint density at radius 2 is 2.00 bits per heavy atom. The lowest BCUT2D eigenvalue weighted by Gasteiger charge is -2.36. The summed E-state index contributed by atoms with van der Waals surface area (Å²) >= 11 is 0. The maximum Gasteiger partial charge on any atom is 0.0644 e. The van der Waals surface area contributed by atoms with E-state index < -0.39 is 0 Å². The average molecular weight is 339 g/mol. The number of aromatic nitrogens is 2. The molecule has 0 spiro atoms. The first kappa shape index (κ1) is 16.8. The summed E-state index contributed by atoms with van der Waals surface area (Å²) < 4.78 is 1.96. The summed E-state index contributed by atoms with van der Waals surface area (Å²) in [6.45, 7) is 5.96. The van der Waals surface area contributed by atoms with Crippen LogP contribution in [0.3, 0.4) is 0 Å². The maximum atomic E-state index is 9.27. The minimum Gasteiger partial charge on any atom is -0.394 e. The van der Waals surface area contributed by atoms with E-state index in [4.69, 9.17) is 0 Å². The molecule has 4 heteroatoms. The van der Waals surface area contributed by atoms with Crippen LogP contribution in [0.1, 0.15) is 59.8 Å².